The number of fused-ring (bicyclic) bond motifs is 1. The van der Waals surface area contributed by atoms with E-state index in [0.717, 1.165) is 0 Å². The number of nitrogens with zero attached hydrogens (tertiary/aromatic N) is 1. The van der Waals surface area contributed by atoms with Crippen molar-refractivity contribution < 1.29 is 28.5 Å². The first kappa shape index (κ1) is 24.5. The van der Waals surface area contributed by atoms with Gasteiger partial charge in [-0.25, -0.2) is 4.79 Å². The van der Waals surface area contributed by atoms with E-state index in [0.29, 0.717) is 56.3 Å². The number of methoxy groups -OCH3 is 3. The number of aromatic nitrogens is 1. The number of carbonyl (C=O) groups excluding carboxylic acids is 1. The standard InChI is InChI=1S/C25H28ClNO6/c1-7-32-25(28)24-18(13-26)27-17-12-22(33-14(2)3)21(31-6)11-16(17)23(24)15-8-9-19(29-4)20(10-15)30-5/h8-12,14H,7,13H2,1-6H3. The quantitative estimate of drug-likeness (QED) is 0.294. The zero-order valence-electron chi connectivity index (χ0n) is 19.7. The topological polar surface area (TPSA) is 76.1 Å². The average Bonchev–Trinajstić information content (AvgIpc) is 2.81. The molecule has 0 saturated heterocycles. The van der Waals surface area contributed by atoms with Gasteiger partial charge >= 0.3 is 5.97 Å². The van der Waals surface area contributed by atoms with Crippen LogP contribution >= 0.6 is 11.6 Å². The third kappa shape index (κ3) is 4.93. The Hall–Kier alpha value is -3.19. The number of ether oxygens (including phenoxy) is 5. The zero-order valence-corrected chi connectivity index (χ0v) is 20.4. The fourth-order valence-electron chi connectivity index (χ4n) is 3.64. The van der Waals surface area contributed by atoms with E-state index in [1.165, 1.54) is 0 Å². The second-order valence-corrected chi connectivity index (χ2v) is 7.69. The molecular formula is C25H28ClNO6. The lowest BCUT2D eigenvalue weighted by atomic mass is 9.93. The monoisotopic (exact) mass is 473 g/mol. The lowest BCUT2D eigenvalue weighted by molar-refractivity contribution is 0.0526. The minimum atomic E-state index is -0.506. The molecule has 0 atom stereocenters. The molecule has 0 spiro atoms. The maximum absolute atomic E-state index is 13.1. The first-order valence-electron chi connectivity index (χ1n) is 10.5. The summed E-state index contributed by atoms with van der Waals surface area (Å²) in [7, 11) is 4.69. The molecule has 0 amide bonds. The minimum absolute atomic E-state index is 0.0246. The summed E-state index contributed by atoms with van der Waals surface area (Å²) in [5.41, 5.74) is 2.65. The summed E-state index contributed by atoms with van der Waals surface area (Å²) in [5, 5.41) is 0.687. The lowest BCUT2D eigenvalue weighted by Crippen LogP contribution is -2.12. The third-order valence-electron chi connectivity index (χ3n) is 4.99. The van der Waals surface area contributed by atoms with Crippen LogP contribution in [0, 0.1) is 0 Å². The molecule has 0 fully saturated rings. The van der Waals surface area contributed by atoms with Gasteiger partial charge in [0.25, 0.3) is 0 Å². The van der Waals surface area contributed by atoms with Crippen molar-refractivity contribution in [2.45, 2.75) is 32.8 Å². The predicted molar refractivity (Wildman–Crippen MR) is 128 cm³/mol. The van der Waals surface area contributed by atoms with Gasteiger partial charge in [-0.3, -0.25) is 4.98 Å². The van der Waals surface area contributed by atoms with Crippen molar-refractivity contribution in [3.05, 3.63) is 41.6 Å². The molecule has 0 aliphatic carbocycles. The smallest absolute Gasteiger partial charge is 0.340 e. The minimum Gasteiger partial charge on any atom is -0.493 e. The summed E-state index contributed by atoms with van der Waals surface area (Å²) in [4.78, 5) is 17.8. The Morgan fingerprint density at radius 1 is 0.970 bits per heavy atom. The van der Waals surface area contributed by atoms with Gasteiger partial charge in [-0.2, -0.15) is 0 Å². The highest BCUT2D eigenvalue weighted by Gasteiger charge is 2.25. The fourth-order valence-corrected chi connectivity index (χ4v) is 3.83. The van der Waals surface area contributed by atoms with Crippen LogP contribution in [-0.2, 0) is 10.6 Å². The fraction of sp³-hybridized carbons (Fsp3) is 0.360. The SMILES string of the molecule is CCOC(=O)c1c(CCl)nc2cc(OC(C)C)c(OC)cc2c1-c1ccc(OC)c(OC)c1. The number of esters is 1. The molecule has 3 rings (SSSR count). The van der Waals surface area contributed by atoms with Gasteiger partial charge in [-0.1, -0.05) is 6.07 Å². The van der Waals surface area contributed by atoms with E-state index in [9.17, 15) is 4.79 Å². The van der Waals surface area contributed by atoms with Crippen LogP contribution in [0.2, 0.25) is 0 Å². The summed E-state index contributed by atoms with van der Waals surface area (Å²) in [5.74, 6) is 1.68. The van der Waals surface area contributed by atoms with Gasteiger partial charge in [0.15, 0.2) is 23.0 Å². The molecule has 0 bridgehead atoms. The highest BCUT2D eigenvalue weighted by Crippen LogP contribution is 2.42. The van der Waals surface area contributed by atoms with Crippen LogP contribution in [0.25, 0.3) is 22.0 Å². The van der Waals surface area contributed by atoms with Gasteiger partial charge < -0.3 is 23.7 Å². The Bertz CT molecular complexity index is 1160. The Kier molecular flexibility index (Phi) is 7.87. The highest BCUT2D eigenvalue weighted by molar-refractivity contribution is 6.18. The second-order valence-electron chi connectivity index (χ2n) is 7.42. The summed E-state index contributed by atoms with van der Waals surface area (Å²) >= 11 is 6.25. The molecule has 0 radical (unpaired) electrons. The molecule has 8 heteroatoms. The normalized spacial score (nSPS) is 10.9. The summed E-state index contributed by atoms with van der Waals surface area (Å²) in [6, 6.07) is 9.04. The van der Waals surface area contributed by atoms with E-state index in [-0.39, 0.29) is 18.6 Å². The van der Waals surface area contributed by atoms with E-state index < -0.39 is 5.97 Å². The molecule has 33 heavy (non-hydrogen) atoms. The molecule has 176 valence electrons. The molecule has 0 unspecified atom stereocenters. The number of benzene rings is 2. The first-order valence-corrected chi connectivity index (χ1v) is 11.1. The predicted octanol–water partition coefficient (Wildman–Crippen LogP) is 5.63. The van der Waals surface area contributed by atoms with Gasteiger partial charge in [0, 0.05) is 17.0 Å². The van der Waals surface area contributed by atoms with Crippen molar-refractivity contribution in [1.29, 1.82) is 0 Å². The summed E-state index contributed by atoms with van der Waals surface area (Å²) in [6.45, 7) is 5.83. The van der Waals surface area contributed by atoms with Crippen LogP contribution in [0.5, 0.6) is 23.0 Å². The Labute approximate surface area is 198 Å². The maximum atomic E-state index is 13.1. The number of pyridine rings is 1. The van der Waals surface area contributed by atoms with E-state index in [1.54, 1.807) is 46.5 Å². The number of halogens is 1. The summed E-state index contributed by atoms with van der Waals surface area (Å²) in [6.07, 6.45) is -0.0621. The van der Waals surface area contributed by atoms with E-state index >= 15 is 0 Å². The average molecular weight is 474 g/mol. The van der Waals surface area contributed by atoms with Crippen LogP contribution in [0.4, 0.5) is 0 Å². The Morgan fingerprint density at radius 2 is 1.64 bits per heavy atom. The van der Waals surface area contributed by atoms with Crippen LogP contribution in [0.1, 0.15) is 36.8 Å². The van der Waals surface area contributed by atoms with Crippen LogP contribution in [0.15, 0.2) is 30.3 Å². The van der Waals surface area contributed by atoms with Gasteiger partial charge in [0.05, 0.1) is 56.7 Å². The highest BCUT2D eigenvalue weighted by atomic mass is 35.5. The number of carbonyl (C=O) groups is 1. The van der Waals surface area contributed by atoms with Gasteiger partial charge in [0.1, 0.15) is 0 Å². The third-order valence-corrected chi connectivity index (χ3v) is 5.24. The van der Waals surface area contributed by atoms with Crippen molar-refractivity contribution in [3.63, 3.8) is 0 Å². The first-order chi connectivity index (χ1) is 15.9. The molecule has 1 aromatic heterocycles. The van der Waals surface area contributed by atoms with Crippen molar-refractivity contribution in [2.75, 3.05) is 27.9 Å². The number of hydrogen-bond donors (Lipinski definition) is 0. The van der Waals surface area contributed by atoms with Crippen LogP contribution < -0.4 is 18.9 Å². The van der Waals surface area contributed by atoms with Crippen molar-refractivity contribution in [3.8, 4) is 34.1 Å². The molecular weight excluding hydrogens is 446 g/mol. The molecule has 0 N–H and O–H groups in total. The number of rotatable bonds is 9. The van der Waals surface area contributed by atoms with Gasteiger partial charge in [-0.15, -0.1) is 11.6 Å². The molecule has 1 heterocycles. The van der Waals surface area contributed by atoms with E-state index in [1.807, 2.05) is 26.0 Å². The Balaban J connectivity index is 2.44. The van der Waals surface area contributed by atoms with E-state index in [4.69, 9.17) is 35.3 Å². The van der Waals surface area contributed by atoms with Crippen molar-refractivity contribution in [2.24, 2.45) is 0 Å². The van der Waals surface area contributed by atoms with Crippen LogP contribution in [-0.4, -0.2) is 45.0 Å². The van der Waals surface area contributed by atoms with Gasteiger partial charge in [0.2, 0.25) is 0 Å². The largest absolute Gasteiger partial charge is 0.493 e. The molecule has 3 aromatic rings. The number of alkyl halides is 1. The van der Waals surface area contributed by atoms with E-state index in [2.05, 4.69) is 4.98 Å². The summed E-state index contributed by atoms with van der Waals surface area (Å²) < 4.78 is 27.8. The molecule has 0 aliphatic heterocycles. The molecule has 0 aliphatic rings. The Morgan fingerprint density at radius 3 is 2.21 bits per heavy atom. The van der Waals surface area contributed by atoms with Crippen molar-refractivity contribution in [1.82, 2.24) is 4.98 Å². The van der Waals surface area contributed by atoms with Crippen LogP contribution in [0.3, 0.4) is 0 Å². The molecule has 0 saturated carbocycles. The maximum Gasteiger partial charge on any atom is 0.340 e. The van der Waals surface area contributed by atoms with Gasteiger partial charge in [-0.05, 0) is 44.5 Å². The zero-order chi connectivity index (χ0) is 24.1. The molecule has 2 aromatic carbocycles. The molecule has 7 nitrogen and oxygen atoms in total. The lowest BCUT2D eigenvalue weighted by Gasteiger charge is -2.19. The second kappa shape index (κ2) is 10.6. The van der Waals surface area contributed by atoms with Crippen molar-refractivity contribution >= 4 is 28.5 Å². The number of hydrogen-bond acceptors (Lipinski definition) is 7.